The molecule has 1 fully saturated rings. The summed E-state index contributed by atoms with van der Waals surface area (Å²) in [7, 11) is 0. The van der Waals surface area contributed by atoms with Gasteiger partial charge in [-0.05, 0) is 19.8 Å². The highest BCUT2D eigenvalue weighted by molar-refractivity contribution is 5.88. The highest BCUT2D eigenvalue weighted by Gasteiger charge is 2.18. The smallest absolute Gasteiger partial charge is 0.339 e. The Morgan fingerprint density at radius 2 is 1.89 bits per heavy atom. The fourth-order valence-corrected chi connectivity index (χ4v) is 2.37. The summed E-state index contributed by atoms with van der Waals surface area (Å²) in [5.41, 5.74) is 0.597. The molecule has 0 spiro atoms. The molecule has 0 radical (unpaired) electrons. The first kappa shape index (κ1) is 13.6. The monoisotopic (exact) mass is 265 g/mol. The largest absolute Gasteiger partial charge is 0.478 e. The second-order valence-electron chi connectivity index (χ2n) is 4.93. The summed E-state index contributed by atoms with van der Waals surface area (Å²) in [4.78, 5) is 24.9. The molecule has 1 amide bonds. The number of carboxylic acid groups (broad SMARTS) is 1. The second kappa shape index (κ2) is 5.86. The molecule has 0 atom stereocenters. The lowest BCUT2D eigenvalue weighted by Gasteiger charge is -2.20. The van der Waals surface area contributed by atoms with E-state index >= 15 is 0 Å². The Kier molecular flexibility index (Phi) is 4.19. The third-order valence-electron chi connectivity index (χ3n) is 3.43. The van der Waals surface area contributed by atoms with Crippen molar-refractivity contribution < 1.29 is 14.7 Å². The lowest BCUT2D eigenvalue weighted by atomic mass is 10.2. The number of aromatic carboxylic acids is 1. The van der Waals surface area contributed by atoms with Crippen LogP contribution < -0.4 is 0 Å². The van der Waals surface area contributed by atoms with Crippen molar-refractivity contribution in [3.63, 3.8) is 0 Å². The van der Waals surface area contributed by atoms with Crippen molar-refractivity contribution in [1.29, 1.82) is 0 Å². The Bertz CT molecular complexity index is 473. The molecule has 104 valence electrons. The molecule has 0 saturated carbocycles. The number of aromatic nitrogens is 2. The van der Waals surface area contributed by atoms with E-state index in [0.717, 1.165) is 25.9 Å². The molecule has 19 heavy (non-hydrogen) atoms. The highest BCUT2D eigenvalue weighted by atomic mass is 16.4. The zero-order valence-electron chi connectivity index (χ0n) is 11.1. The van der Waals surface area contributed by atoms with Gasteiger partial charge in [0.25, 0.3) is 0 Å². The first-order chi connectivity index (χ1) is 9.08. The molecule has 0 unspecified atom stereocenters. The minimum absolute atomic E-state index is 0.0151. The van der Waals surface area contributed by atoms with Crippen LogP contribution in [0.1, 0.15) is 41.7 Å². The summed E-state index contributed by atoms with van der Waals surface area (Å²) in [5, 5.41) is 13.0. The minimum atomic E-state index is -1.01. The SMILES string of the molecule is Cc1nn(CC(=O)N2CCCCCC2)cc1C(=O)O. The lowest BCUT2D eigenvalue weighted by molar-refractivity contribution is -0.132. The van der Waals surface area contributed by atoms with Crippen molar-refractivity contribution >= 4 is 11.9 Å². The molecular formula is C13H19N3O3. The van der Waals surface area contributed by atoms with Gasteiger partial charge in [-0.25, -0.2) is 4.79 Å². The highest BCUT2D eigenvalue weighted by Crippen LogP contribution is 2.11. The molecule has 1 aliphatic rings. The van der Waals surface area contributed by atoms with Crippen molar-refractivity contribution in [3.05, 3.63) is 17.5 Å². The average Bonchev–Trinajstić information content (AvgIpc) is 2.58. The summed E-state index contributed by atoms with van der Waals surface area (Å²) in [6.45, 7) is 3.35. The van der Waals surface area contributed by atoms with Crippen LogP contribution in [-0.4, -0.2) is 44.8 Å². The van der Waals surface area contributed by atoms with Gasteiger partial charge in [-0.1, -0.05) is 12.8 Å². The van der Waals surface area contributed by atoms with Crippen LogP contribution in [0.5, 0.6) is 0 Å². The van der Waals surface area contributed by atoms with Crippen molar-refractivity contribution in [2.24, 2.45) is 0 Å². The second-order valence-corrected chi connectivity index (χ2v) is 4.93. The van der Waals surface area contributed by atoms with Gasteiger partial charge >= 0.3 is 5.97 Å². The molecule has 2 rings (SSSR count). The number of likely N-dealkylation sites (tertiary alicyclic amines) is 1. The normalized spacial score (nSPS) is 16.2. The summed E-state index contributed by atoms with van der Waals surface area (Å²) >= 11 is 0. The van der Waals surface area contributed by atoms with Crippen molar-refractivity contribution in [3.8, 4) is 0 Å². The fraction of sp³-hybridized carbons (Fsp3) is 0.615. The average molecular weight is 265 g/mol. The van der Waals surface area contributed by atoms with E-state index in [1.54, 1.807) is 6.92 Å². The fourth-order valence-electron chi connectivity index (χ4n) is 2.37. The Morgan fingerprint density at radius 1 is 1.26 bits per heavy atom. The third kappa shape index (κ3) is 3.33. The van der Waals surface area contributed by atoms with Gasteiger partial charge in [-0.3, -0.25) is 9.48 Å². The molecule has 0 bridgehead atoms. The molecule has 6 nitrogen and oxygen atoms in total. The molecule has 1 N–H and O–H groups in total. The van der Waals surface area contributed by atoms with Gasteiger partial charge in [-0.15, -0.1) is 0 Å². The molecule has 1 saturated heterocycles. The first-order valence-electron chi connectivity index (χ1n) is 6.63. The predicted octanol–water partition coefficient (Wildman–Crippen LogP) is 1.29. The van der Waals surface area contributed by atoms with Crippen LogP contribution >= 0.6 is 0 Å². The third-order valence-corrected chi connectivity index (χ3v) is 3.43. The number of aryl methyl sites for hydroxylation is 1. The van der Waals surface area contributed by atoms with Gasteiger partial charge in [0.05, 0.1) is 5.69 Å². The number of carbonyl (C=O) groups excluding carboxylic acids is 1. The van der Waals surface area contributed by atoms with Gasteiger partial charge in [-0.2, -0.15) is 5.10 Å². The Hall–Kier alpha value is -1.85. The summed E-state index contributed by atoms with van der Waals surface area (Å²) in [6.07, 6.45) is 5.86. The zero-order valence-corrected chi connectivity index (χ0v) is 11.1. The molecule has 0 aromatic carbocycles. The number of carboxylic acids is 1. The Balaban J connectivity index is 2.01. The summed E-state index contributed by atoms with van der Waals surface area (Å²) in [6, 6.07) is 0. The van der Waals surface area contributed by atoms with E-state index < -0.39 is 5.97 Å². The molecule has 1 aliphatic heterocycles. The number of rotatable bonds is 3. The van der Waals surface area contributed by atoms with Gasteiger partial charge in [0.1, 0.15) is 12.1 Å². The zero-order chi connectivity index (χ0) is 13.8. The van der Waals surface area contributed by atoms with E-state index in [-0.39, 0.29) is 18.0 Å². The maximum Gasteiger partial charge on any atom is 0.339 e. The Morgan fingerprint density at radius 3 is 2.42 bits per heavy atom. The van der Waals surface area contributed by atoms with Crippen LogP contribution in [0.2, 0.25) is 0 Å². The number of nitrogens with zero attached hydrogens (tertiary/aromatic N) is 3. The van der Waals surface area contributed by atoms with Crippen LogP contribution in [0.25, 0.3) is 0 Å². The maximum atomic E-state index is 12.1. The number of hydrogen-bond acceptors (Lipinski definition) is 3. The molecule has 1 aromatic heterocycles. The maximum absolute atomic E-state index is 12.1. The number of carbonyl (C=O) groups is 2. The van der Waals surface area contributed by atoms with Crippen LogP contribution in [0.15, 0.2) is 6.20 Å². The van der Waals surface area contributed by atoms with Crippen LogP contribution in [-0.2, 0) is 11.3 Å². The van der Waals surface area contributed by atoms with Gasteiger partial charge in [0.2, 0.25) is 5.91 Å². The van der Waals surface area contributed by atoms with E-state index in [9.17, 15) is 9.59 Å². The van der Waals surface area contributed by atoms with E-state index in [2.05, 4.69) is 5.10 Å². The Labute approximate surface area is 112 Å². The lowest BCUT2D eigenvalue weighted by Crippen LogP contribution is -2.34. The molecular weight excluding hydrogens is 246 g/mol. The van der Waals surface area contributed by atoms with E-state index in [4.69, 9.17) is 5.11 Å². The first-order valence-corrected chi connectivity index (χ1v) is 6.63. The van der Waals surface area contributed by atoms with Gasteiger partial charge < -0.3 is 10.0 Å². The van der Waals surface area contributed by atoms with Crippen LogP contribution in [0, 0.1) is 6.92 Å². The van der Waals surface area contributed by atoms with Crippen LogP contribution in [0.4, 0.5) is 0 Å². The van der Waals surface area contributed by atoms with E-state index in [1.165, 1.54) is 23.7 Å². The van der Waals surface area contributed by atoms with Crippen molar-refractivity contribution in [1.82, 2.24) is 14.7 Å². The quantitative estimate of drug-likeness (QED) is 0.893. The topological polar surface area (TPSA) is 75.4 Å². The van der Waals surface area contributed by atoms with Crippen molar-refractivity contribution in [2.75, 3.05) is 13.1 Å². The van der Waals surface area contributed by atoms with E-state index in [0.29, 0.717) is 5.69 Å². The standard InChI is InChI=1S/C13H19N3O3/c1-10-11(13(18)19)8-16(14-10)9-12(17)15-6-4-2-3-5-7-15/h8H,2-7,9H2,1H3,(H,18,19). The van der Waals surface area contributed by atoms with Gasteiger partial charge in [0, 0.05) is 19.3 Å². The molecule has 1 aromatic rings. The summed E-state index contributed by atoms with van der Waals surface area (Å²) in [5.74, 6) is -0.993. The number of hydrogen-bond donors (Lipinski definition) is 1. The molecule has 0 aliphatic carbocycles. The van der Waals surface area contributed by atoms with Crippen LogP contribution in [0.3, 0.4) is 0 Å². The number of amides is 1. The summed E-state index contributed by atoms with van der Waals surface area (Å²) < 4.78 is 1.42. The molecule has 2 heterocycles. The van der Waals surface area contributed by atoms with E-state index in [1.807, 2.05) is 4.90 Å². The van der Waals surface area contributed by atoms with Gasteiger partial charge in [0.15, 0.2) is 0 Å². The van der Waals surface area contributed by atoms with Crippen molar-refractivity contribution in [2.45, 2.75) is 39.2 Å². The predicted molar refractivity (Wildman–Crippen MR) is 69.0 cm³/mol. The molecule has 6 heteroatoms. The minimum Gasteiger partial charge on any atom is -0.478 e.